The van der Waals surface area contributed by atoms with E-state index in [4.69, 9.17) is 11.5 Å². The fourth-order valence-electron chi connectivity index (χ4n) is 1.49. The van der Waals surface area contributed by atoms with Crippen molar-refractivity contribution in [3.05, 3.63) is 0 Å². The number of primary amides is 1. The van der Waals surface area contributed by atoms with Crippen molar-refractivity contribution >= 4 is 5.91 Å². The van der Waals surface area contributed by atoms with Crippen molar-refractivity contribution in [1.82, 2.24) is 0 Å². The van der Waals surface area contributed by atoms with E-state index in [0.717, 1.165) is 6.42 Å². The Kier molecular flexibility index (Phi) is 1.90. The summed E-state index contributed by atoms with van der Waals surface area (Å²) in [6, 6.07) is 0. The van der Waals surface area contributed by atoms with Gasteiger partial charge in [-0.3, -0.25) is 4.79 Å². The molecule has 4 nitrogen and oxygen atoms in total. The Labute approximate surface area is 65.6 Å². The zero-order chi connectivity index (χ0) is 8.65. The fourth-order valence-corrected chi connectivity index (χ4v) is 1.49. The van der Waals surface area contributed by atoms with Crippen molar-refractivity contribution in [3.8, 4) is 0 Å². The zero-order valence-corrected chi connectivity index (χ0v) is 6.58. The lowest BCUT2D eigenvalue weighted by atomic mass is 10.1. The highest BCUT2D eigenvalue weighted by molar-refractivity contribution is 5.81. The number of hydrogen-bond acceptors (Lipinski definition) is 3. The van der Waals surface area contributed by atoms with Crippen molar-refractivity contribution in [2.24, 2.45) is 17.4 Å². The molecule has 11 heavy (non-hydrogen) atoms. The van der Waals surface area contributed by atoms with Gasteiger partial charge >= 0.3 is 0 Å². The first kappa shape index (κ1) is 8.49. The molecule has 0 aromatic carbocycles. The summed E-state index contributed by atoms with van der Waals surface area (Å²) < 4.78 is 0. The van der Waals surface area contributed by atoms with Crippen molar-refractivity contribution in [2.75, 3.05) is 0 Å². The van der Waals surface area contributed by atoms with E-state index >= 15 is 0 Å². The van der Waals surface area contributed by atoms with E-state index in [1.165, 1.54) is 0 Å². The molecule has 5 N–H and O–H groups in total. The molecule has 3 atom stereocenters. The number of rotatable bonds is 3. The molecular formula is C7H14N2O2. The van der Waals surface area contributed by atoms with Crippen LogP contribution < -0.4 is 11.5 Å². The predicted octanol–water partition coefficient (Wildman–Crippen LogP) is -1.04. The lowest BCUT2D eigenvalue weighted by Gasteiger charge is -2.15. The quantitative estimate of drug-likeness (QED) is 0.490. The van der Waals surface area contributed by atoms with Crippen LogP contribution in [0.25, 0.3) is 0 Å². The molecule has 1 unspecified atom stereocenters. The van der Waals surface area contributed by atoms with Gasteiger partial charge in [-0.15, -0.1) is 0 Å². The molecular weight excluding hydrogens is 144 g/mol. The summed E-state index contributed by atoms with van der Waals surface area (Å²) in [6.45, 7) is 1.98. The number of aliphatic hydroxyl groups excluding tert-OH is 1. The molecule has 0 saturated heterocycles. The smallest absolute Gasteiger partial charge is 0.248 e. The molecule has 0 aliphatic heterocycles. The van der Waals surface area contributed by atoms with Gasteiger partial charge in [0.05, 0.1) is 5.54 Å². The molecule has 1 aliphatic carbocycles. The van der Waals surface area contributed by atoms with Crippen LogP contribution in [0.5, 0.6) is 0 Å². The third-order valence-corrected chi connectivity index (χ3v) is 2.47. The van der Waals surface area contributed by atoms with E-state index in [9.17, 15) is 9.90 Å². The topological polar surface area (TPSA) is 89.3 Å². The highest BCUT2D eigenvalue weighted by Gasteiger charge is 2.56. The van der Waals surface area contributed by atoms with E-state index in [1.807, 2.05) is 6.92 Å². The summed E-state index contributed by atoms with van der Waals surface area (Å²) in [7, 11) is 0. The van der Waals surface area contributed by atoms with Crippen LogP contribution in [-0.4, -0.2) is 22.7 Å². The first-order valence-corrected chi connectivity index (χ1v) is 3.78. The lowest BCUT2D eigenvalue weighted by Crippen LogP contribution is -2.47. The molecule has 4 heteroatoms. The van der Waals surface area contributed by atoms with Crippen LogP contribution in [0.3, 0.4) is 0 Å². The van der Waals surface area contributed by atoms with Crippen LogP contribution in [0.15, 0.2) is 0 Å². The van der Waals surface area contributed by atoms with E-state index in [-0.39, 0.29) is 5.92 Å². The fraction of sp³-hybridized carbons (Fsp3) is 0.857. The number of hydrogen-bond donors (Lipinski definition) is 3. The minimum atomic E-state index is -1.17. The molecule has 1 amide bonds. The average molecular weight is 158 g/mol. The largest absolute Gasteiger partial charge is 0.381 e. The van der Waals surface area contributed by atoms with Crippen LogP contribution in [-0.2, 0) is 4.79 Å². The Hall–Kier alpha value is -0.610. The first-order chi connectivity index (χ1) is 5.02. The number of aliphatic hydroxyl groups is 1. The van der Waals surface area contributed by atoms with Gasteiger partial charge in [0.15, 0.2) is 6.10 Å². The highest BCUT2D eigenvalue weighted by atomic mass is 16.3. The standard InChI is InChI=1S/C7H14N2O2/c1-2-4-3-7(4,9)5(10)6(8)11/h4-5,10H,2-3,9H2,1H3,(H2,8,11)/t4-,5?,7+/m0/s1. The lowest BCUT2D eigenvalue weighted by molar-refractivity contribution is -0.127. The predicted molar refractivity (Wildman–Crippen MR) is 40.5 cm³/mol. The number of nitrogens with two attached hydrogens (primary N) is 2. The molecule has 0 spiro atoms. The maximum atomic E-state index is 10.5. The number of carbonyl (C=O) groups is 1. The molecule has 1 aliphatic rings. The maximum absolute atomic E-state index is 10.5. The van der Waals surface area contributed by atoms with Gasteiger partial charge in [-0.1, -0.05) is 13.3 Å². The number of amides is 1. The molecule has 0 heterocycles. The Morgan fingerprint density at radius 1 is 1.91 bits per heavy atom. The van der Waals surface area contributed by atoms with Crippen molar-refractivity contribution in [2.45, 2.75) is 31.4 Å². The molecule has 1 rings (SSSR count). The highest BCUT2D eigenvalue weighted by Crippen LogP contribution is 2.45. The van der Waals surface area contributed by atoms with E-state index in [1.54, 1.807) is 0 Å². The third kappa shape index (κ3) is 1.23. The average Bonchev–Trinajstić information content (AvgIpc) is 2.61. The molecule has 1 saturated carbocycles. The van der Waals surface area contributed by atoms with Gasteiger partial charge < -0.3 is 16.6 Å². The molecule has 64 valence electrons. The Balaban J connectivity index is 2.56. The Bertz CT molecular complexity index is 183. The van der Waals surface area contributed by atoms with Gasteiger partial charge in [0, 0.05) is 0 Å². The van der Waals surface area contributed by atoms with E-state index < -0.39 is 17.6 Å². The summed E-state index contributed by atoms with van der Waals surface area (Å²) in [5.41, 5.74) is 9.88. The van der Waals surface area contributed by atoms with Crippen molar-refractivity contribution < 1.29 is 9.90 Å². The van der Waals surface area contributed by atoms with E-state index in [0.29, 0.717) is 6.42 Å². The van der Waals surface area contributed by atoms with Gasteiger partial charge in [0.1, 0.15) is 0 Å². The first-order valence-electron chi connectivity index (χ1n) is 3.78. The number of carbonyl (C=O) groups excluding carboxylic acids is 1. The third-order valence-electron chi connectivity index (χ3n) is 2.47. The van der Waals surface area contributed by atoms with Gasteiger partial charge in [0.2, 0.25) is 5.91 Å². The zero-order valence-electron chi connectivity index (χ0n) is 6.58. The summed E-state index contributed by atoms with van der Waals surface area (Å²) in [4.78, 5) is 10.5. The maximum Gasteiger partial charge on any atom is 0.248 e. The van der Waals surface area contributed by atoms with Crippen molar-refractivity contribution in [3.63, 3.8) is 0 Å². The monoisotopic (exact) mass is 158 g/mol. The summed E-state index contributed by atoms with van der Waals surface area (Å²) in [5, 5.41) is 9.23. The summed E-state index contributed by atoms with van der Waals surface area (Å²) >= 11 is 0. The van der Waals surface area contributed by atoms with Crippen LogP contribution in [0.4, 0.5) is 0 Å². The molecule has 0 bridgehead atoms. The van der Waals surface area contributed by atoms with Crippen LogP contribution in [0.1, 0.15) is 19.8 Å². The molecule has 0 aromatic rings. The Morgan fingerprint density at radius 2 is 2.45 bits per heavy atom. The second kappa shape index (κ2) is 2.46. The molecule has 0 aromatic heterocycles. The summed E-state index contributed by atoms with van der Waals surface area (Å²) in [5.74, 6) is -0.464. The minimum Gasteiger partial charge on any atom is -0.381 e. The minimum absolute atomic E-state index is 0.255. The van der Waals surface area contributed by atoms with E-state index in [2.05, 4.69) is 0 Å². The van der Waals surface area contributed by atoms with Gasteiger partial charge in [-0.2, -0.15) is 0 Å². The molecule has 1 fully saturated rings. The summed E-state index contributed by atoms with van der Waals surface area (Å²) in [6.07, 6.45) is 0.418. The Morgan fingerprint density at radius 3 is 2.73 bits per heavy atom. The second-order valence-corrected chi connectivity index (χ2v) is 3.23. The van der Waals surface area contributed by atoms with Crippen LogP contribution in [0, 0.1) is 5.92 Å². The SMILES string of the molecule is CC[C@H]1C[C@]1(N)C(O)C(N)=O. The second-order valence-electron chi connectivity index (χ2n) is 3.23. The van der Waals surface area contributed by atoms with Gasteiger partial charge in [0.25, 0.3) is 0 Å². The molecule has 0 radical (unpaired) electrons. The van der Waals surface area contributed by atoms with Crippen LogP contribution >= 0.6 is 0 Å². The van der Waals surface area contributed by atoms with Gasteiger partial charge in [-0.05, 0) is 12.3 Å². The van der Waals surface area contributed by atoms with Crippen molar-refractivity contribution in [1.29, 1.82) is 0 Å². The van der Waals surface area contributed by atoms with Crippen LogP contribution in [0.2, 0.25) is 0 Å². The normalized spacial score (nSPS) is 38.3. The van der Waals surface area contributed by atoms with Gasteiger partial charge in [-0.25, -0.2) is 0 Å².